The lowest BCUT2D eigenvalue weighted by Crippen LogP contribution is -2.39. The Morgan fingerprint density at radius 1 is 0.614 bits per heavy atom. The second kappa shape index (κ2) is 12.7. The van der Waals surface area contributed by atoms with E-state index in [4.69, 9.17) is 18.8 Å². The van der Waals surface area contributed by atoms with Crippen LogP contribution in [0.3, 0.4) is 0 Å². The zero-order valence-corrected chi connectivity index (χ0v) is 31.0. The monoisotopic (exact) mass is 736 g/mol. The summed E-state index contributed by atoms with van der Waals surface area (Å²) in [5, 5.41) is 10.4. The number of aliphatic imine (C=N–C) groups is 2. The van der Waals surface area contributed by atoms with Gasteiger partial charge in [0.2, 0.25) is 0 Å². The molecule has 4 heterocycles. The van der Waals surface area contributed by atoms with Crippen molar-refractivity contribution in [1.82, 2.24) is 9.88 Å². The van der Waals surface area contributed by atoms with Crippen molar-refractivity contribution in [3.05, 3.63) is 174 Å². The number of fused-ring (bicyclic) bond motifs is 9. The summed E-state index contributed by atoms with van der Waals surface area (Å²) in [6, 6.07) is 47.0. The fraction of sp³-hybridized carbons (Fsp3) is 0.0980. The molecule has 272 valence electrons. The molecule has 0 saturated carbocycles. The highest BCUT2D eigenvalue weighted by atomic mass is 16.3. The number of allylic oxidation sites excluding steroid dienone is 3. The Bertz CT molecular complexity index is 3320. The molecule has 2 unspecified atom stereocenters. The summed E-state index contributed by atoms with van der Waals surface area (Å²) in [6.45, 7) is 0. The highest BCUT2D eigenvalue weighted by molar-refractivity contribution is 6.22. The molecule has 0 spiro atoms. The van der Waals surface area contributed by atoms with Crippen molar-refractivity contribution < 1.29 is 8.83 Å². The minimum Gasteiger partial charge on any atom is -0.455 e. The van der Waals surface area contributed by atoms with E-state index in [1.54, 1.807) is 0 Å². The van der Waals surface area contributed by atoms with Crippen molar-refractivity contribution in [2.45, 2.75) is 25.4 Å². The Balaban J connectivity index is 1.05. The van der Waals surface area contributed by atoms with Crippen LogP contribution in [-0.2, 0) is 0 Å². The first-order valence-electron chi connectivity index (χ1n) is 19.8. The Kier molecular flexibility index (Phi) is 7.14. The molecule has 6 nitrogen and oxygen atoms in total. The van der Waals surface area contributed by atoms with E-state index in [0.29, 0.717) is 0 Å². The number of hydrogen-bond acceptors (Lipinski definition) is 5. The first-order valence-corrected chi connectivity index (χ1v) is 19.8. The molecular formula is C51H36N4O2. The summed E-state index contributed by atoms with van der Waals surface area (Å²) >= 11 is 0. The maximum atomic E-state index is 7.06. The minimum absolute atomic E-state index is 0.156. The Hall–Kier alpha value is -7.18. The summed E-state index contributed by atoms with van der Waals surface area (Å²) in [6.07, 6.45) is 13.3. The van der Waals surface area contributed by atoms with Gasteiger partial charge in [0.25, 0.3) is 0 Å². The SMILES string of the molecule is C1=CCC(C2=NC(C3=c4oc5c(-c6cccc7c6oc6c(-n8c9ccccc9c9ccccc98)cccc67)cccc5c4=CCC3)=NC(c3ccccc3)N2)C=C1. The van der Waals surface area contributed by atoms with Crippen molar-refractivity contribution in [3.63, 3.8) is 0 Å². The van der Waals surface area contributed by atoms with E-state index in [9.17, 15) is 0 Å². The van der Waals surface area contributed by atoms with E-state index < -0.39 is 0 Å². The second-order valence-electron chi connectivity index (χ2n) is 15.1. The van der Waals surface area contributed by atoms with Crippen LogP contribution in [0.5, 0.6) is 0 Å². The normalized spacial score (nSPS) is 17.9. The number of nitrogens with one attached hydrogen (secondary N) is 1. The van der Waals surface area contributed by atoms with Crippen molar-refractivity contribution >= 4 is 78.0 Å². The van der Waals surface area contributed by atoms with Crippen molar-refractivity contribution in [3.8, 4) is 16.8 Å². The molecule has 9 aromatic rings. The fourth-order valence-electron chi connectivity index (χ4n) is 9.22. The zero-order chi connectivity index (χ0) is 37.5. The summed E-state index contributed by atoms with van der Waals surface area (Å²) in [5.41, 5.74) is 10.8. The van der Waals surface area contributed by atoms with E-state index >= 15 is 0 Å². The molecule has 57 heavy (non-hydrogen) atoms. The van der Waals surface area contributed by atoms with Gasteiger partial charge >= 0.3 is 0 Å². The third-order valence-corrected chi connectivity index (χ3v) is 11.9. The average molecular weight is 737 g/mol. The van der Waals surface area contributed by atoms with Gasteiger partial charge in [0.15, 0.2) is 11.4 Å². The molecule has 2 atom stereocenters. The highest BCUT2D eigenvalue weighted by Gasteiger charge is 2.28. The van der Waals surface area contributed by atoms with Crippen molar-refractivity contribution in [2.24, 2.45) is 15.9 Å². The molecular weight excluding hydrogens is 701 g/mol. The molecule has 0 radical (unpaired) electrons. The third-order valence-electron chi connectivity index (χ3n) is 11.9. The Morgan fingerprint density at radius 2 is 1.28 bits per heavy atom. The number of hydrogen-bond donors (Lipinski definition) is 1. The molecule has 1 N–H and O–H groups in total. The van der Waals surface area contributed by atoms with E-state index in [2.05, 4.69) is 168 Å². The zero-order valence-electron chi connectivity index (χ0n) is 31.0. The van der Waals surface area contributed by atoms with Crippen LogP contribution < -0.4 is 16.0 Å². The lowest BCUT2D eigenvalue weighted by atomic mass is 9.97. The van der Waals surface area contributed by atoms with Crippen LogP contribution in [-0.4, -0.2) is 16.2 Å². The molecule has 6 heteroatoms. The van der Waals surface area contributed by atoms with E-state index in [1.807, 2.05) is 6.07 Å². The average Bonchev–Trinajstić information content (AvgIpc) is 3.97. The minimum atomic E-state index is -0.243. The summed E-state index contributed by atoms with van der Waals surface area (Å²) in [4.78, 5) is 10.5. The first-order chi connectivity index (χ1) is 28.3. The van der Waals surface area contributed by atoms with Gasteiger partial charge in [0.1, 0.15) is 28.6 Å². The Labute approximate surface area is 327 Å². The molecule has 0 amide bonds. The molecule has 6 aromatic carbocycles. The van der Waals surface area contributed by atoms with Crippen molar-refractivity contribution in [2.75, 3.05) is 0 Å². The second-order valence-corrected chi connectivity index (χ2v) is 15.1. The van der Waals surface area contributed by atoms with Gasteiger partial charge in [-0.15, -0.1) is 0 Å². The van der Waals surface area contributed by atoms with Crippen LogP contribution in [0.1, 0.15) is 31.0 Å². The largest absolute Gasteiger partial charge is 0.455 e. The number of nitrogens with zero attached hydrogens (tertiary/aromatic N) is 3. The van der Waals surface area contributed by atoms with Crippen LogP contribution in [0.25, 0.3) is 83.2 Å². The number of amidine groups is 2. The molecule has 0 fully saturated rings. The number of furan rings is 2. The maximum absolute atomic E-state index is 7.06. The molecule has 1 aliphatic heterocycles. The van der Waals surface area contributed by atoms with Crippen LogP contribution in [0.15, 0.2) is 177 Å². The molecule has 3 aromatic heterocycles. The Morgan fingerprint density at radius 3 is 2.04 bits per heavy atom. The number of rotatable bonds is 5. The maximum Gasteiger partial charge on any atom is 0.159 e. The fourth-order valence-corrected chi connectivity index (χ4v) is 9.22. The highest BCUT2D eigenvalue weighted by Crippen LogP contribution is 2.42. The third kappa shape index (κ3) is 4.96. The number of para-hydroxylation sites is 5. The van der Waals surface area contributed by atoms with Gasteiger partial charge in [-0.1, -0.05) is 146 Å². The quantitative estimate of drug-likeness (QED) is 0.191. The molecule has 12 rings (SSSR count). The predicted octanol–water partition coefficient (Wildman–Crippen LogP) is 11.1. The van der Waals surface area contributed by atoms with E-state index in [-0.39, 0.29) is 12.1 Å². The number of aromatic nitrogens is 1. The van der Waals surface area contributed by atoms with Crippen LogP contribution >= 0.6 is 0 Å². The summed E-state index contributed by atoms with van der Waals surface area (Å²) in [5.74, 6) is 1.84. The van der Waals surface area contributed by atoms with Gasteiger partial charge in [0, 0.05) is 54.8 Å². The van der Waals surface area contributed by atoms with Gasteiger partial charge in [0.05, 0.1) is 16.7 Å². The molecule has 0 saturated heterocycles. The lowest BCUT2D eigenvalue weighted by Gasteiger charge is -2.27. The molecule has 0 bridgehead atoms. The first kappa shape index (κ1) is 32.1. The van der Waals surface area contributed by atoms with Crippen LogP contribution in [0.4, 0.5) is 0 Å². The summed E-state index contributed by atoms with van der Waals surface area (Å²) in [7, 11) is 0. The molecule has 3 aliphatic rings. The molecule has 2 aliphatic carbocycles. The van der Waals surface area contributed by atoms with Crippen molar-refractivity contribution in [1.29, 1.82) is 0 Å². The van der Waals surface area contributed by atoms with Gasteiger partial charge in [-0.25, -0.2) is 9.98 Å². The van der Waals surface area contributed by atoms with Gasteiger partial charge < -0.3 is 18.7 Å². The lowest BCUT2D eigenvalue weighted by molar-refractivity contribution is 0.569. The standard InChI is InChI=1S/C51H36N4O2/c1-3-15-31(16-4-1)49-52-50(32-17-5-2-6-18-32)54-51(53-49)41-27-13-25-38-37-23-11-21-35(45(37)56-47(38)41)36-22-12-24-39-40-26-14-30-44(48(40)57-46(36)39)55-42-28-9-7-19-33(42)34-20-8-10-29-43(34)55/h1-12,14-17,19-26,28-30,32,49H,13,18,27H2,(H,52,53,54). The summed E-state index contributed by atoms with van der Waals surface area (Å²) < 4.78 is 16.4. The van der Waals surface area contributed by atoms with Gasteiger partial charge in [-0.3, -0.25) is 0 Å². The van der Waals surface area contributed by atoms with Gasteiger partial charge in [-0.05, 0) is 43.0 Å². The van der Waals surface area contributed by atoms with E-state index in [0.717, 1.165) is 113 Å². The predicted molar refractivity (Wildman–Crippen MR) is 233 cm³/mol. The van der Waals surface area contributed by atoms with Gasteiger partial charge in [-0.2, -0.15) is 0 Å². The number of benzene rings is 6. The topological polar surface area (TPSA) is 68.0 Å². The van der Waals surface area contributed by atoms with E-state index in [1.165, 1.54) is 10.8 Å². The van der Waals surface area contributed by atoms with Crippen LogP contribution in [0, 0.1) is 5.92 Å². The smallest absolute Gasteiger partial charge is 0.159 e. The van der Waals surface area contributed by atoms with Crippen LogP contribution in [0.2, 0.25) is 0 Å².